The summed E-state index contributed by atoms with van der Waals surface area (Å²) in [5, 5.41) is 1.35. The molecule has 0 heterocycles. The molecule has 0 aliphatic heterocycles. The number of rotatable bonds is 1. The molecule has 0 N–H and O–H groups in total. The Bertz CT molecular complexity index is 341. The van der Waals surface area contributed by atoms with Gasteiger partial charge in [0.05, 0.1) is 11.6 Å². The van der Waals surface area contributed by atoms with Gasteiger partial charge < -0.3 is 0 Å². The minimum Gasteiger partial charge on any atom is -0.237 e. The van der Waals surface area contributed by atoms with E-state index in [-0.39, 0.29) is 0 Å². The highest BCUT2D eigenvalue weighted by Gasteiger charge is 2.05. The molecule has 1 rings (SSSR count). The maximum atomic E-state index is 6.84. The van der Waals surface area contributed by atoms with Gasteiger partial charge in [-0.05, 0) is 18.1 Å². The van der Waals surface area contributed by atoms with E-state index in [2.05, 4.69) is 20.8 Å². The molecule has 1 aromatic carbocycles. The van der Waals surface area contributed by atoms with Crippen molar-refractivity contribution in [2.45, 2.75) is 12.3 Å². The monoisotopic (exact) mass is 243 g/mol. The van der Waals surface area contributed by atoms with Crippen molar-refractivity contribution in [1.29, 1.82) is 0 Å². The van der Waals surface area contributed by atoms with Crippen LogP contribution in [0.4, 0.5) is 5.69 Å². The third kappa shape index (κ3) is 1.63. The minimum absolute atomic E-state index is 0.527. The van der Waals surface area contributed by atoms with Gasteiger partial charge in [-0.25, -0.2) is 4.85 Å². The molecular formula is C9H7BrClN. The standard InChI is InChI=1S/C9H7BrClN/c1-6-7(5-10)3-4-8(12-2)9(6)11/h3-4H,5H2,1H3. The Kier molecular flexibility index (Phi) is 3.13. The summed E-state index contributed by atoms with van der Waals surface area (Å²) in [6, 6.07) is 3.67. The van der Waals surface area contributed by atoms with Crippen LogP contribution in [0.2, 0.25) is 5.02 Å². The highest BCUT2D eigenvalue weighted by Crippen LogP contribution is 2.31. The highest BCUT2D eigenvalue weighted by molar-refractivity contribution is 9.08. The van der Waals surface area contributed by atoms with E-state index in [4.69, 9.17) is 18.2 Å². The molecule has 62 valence electrons. The van der Waals surface area contributed by atoms with Gasteiger partial charge >= 0.3 is 0 Å². The van der Waals surface area contributed by atoms with E-state index in [0.29, 0.717) is 10.7 Å². The molecule has 12 heavy (non-hydrogen) atoms. The molecule has 1 nitrogen and oxygen atoms in total. The third-order valence-electron chi connectivity index (χ3n) is 1.74. The van der Waals surface area contributed by atoms with Gasteiger partial charge in [0.15, 0.2) is 0 Å². The number of hydrogen-bond donors (Lipinski definition) is 0. The SMILES string of the molecule is [C-]#[N+]c1ccc(CBr)c(C)c1Cl. The molecule has 0 unspecified atom stereocenters. The summed E-state index contributed by atoms with van der Waals surface area (Å²) in [7, 11) is 0. The average molecular weight is 245 g/mol. The lowest BCUT2D eigenvalue weighted by molar-refractivity contribution is 1.33. The zero-order chi connectivity index (χ0) is 9.14. The van der Waals surface area contributed by atoms with E-state index in [1.54, 1.807) is 6.07 Å². The first-order valence-corrected chi connectivity index (χ1v) is 4.92. The Labute approximate surface area is 85.3 Å². The van der Waals surface area contributed by atoms with Crippen LogP contribution in [0.5, 0.6) is 0 Å². The molecular weight excluding hydrogens is 237 g/mol. The zero-order valence-electron chi connectivity index (χ0n) is 6.56. The fourth-order valence-electron chi connectivity index (χ4n) is 0.942. The molecule has 0 atom stereocenters. The lowest BCUT2D eigenvalue weighted by Gasteiger charge is -2.04. The van der Waals surface area contributed by atoms with Crippen molar-refractivity contribution in [3.8, 4) is 0 Å². The van der Waals surface area contributed by atoms with Crippen LogP contribution in [0.1, 0.15) is 11.1 Å². The van der Waals surface area contributed by atoms with Crippen LogP contribution < -0.4 is 0 Å². The first-order valence-electron chi connectivity index (χ1n) is 3.42. The van der Waals surface area contributed by atoms with Gasteiger partial charge in [-0.3, -0.25) is 0 Å². The Morgan fingerprint density at radius 1 is 1.58 bits per heavy atom. The smallest absolute Gasteiger partial charge is 0.205 e. The van der Waals surface area contributed by atoms with Crippen molar-refractivity contribution in [2.24, 2.45) is 0 Å². The molecule has 0 radical (unpaired) electrons. The minimum atomic E-state index is 0.527. The van der Waals surface area contributed by atoms with Crippen molar-refractivity contribution in [2.75, 3.05) is 0 Å². The quantitative estimate of drug-likeness (QED) is 0.518. The molecule has 0 aromatic heterocycles. The molecule has 0 saturated heterocycles. The van der Waals surface area contributed by atoms with Crippen LogP contribution in [-0.4, -0.2) is 0 Å². The summed E-state index contributed by atoms with van der Waals surface area (Å²) in [6.45, 7) is 8.76. The van der Waals surface area contributed by atoms with Crippen LogP contribution in [0.15, 0.2) is 12.1 Å². The van der Waals surface area contributed by atoms with E-state index in [0.717, 1.165) is 16.5 Å². The van der Waals surface area contributed by atoms with Crippen molar-refractivity contribution < 1.29 is 0 Å². The first kappa shape index (κ1) is 9.57. The van der Waals surface area contributed by atoms with Gasteiger partial charge in [-0.15, -0.1) is 0 Å². The predicted molar refractivity (Wildman–Crippen MR) is 55.1 cm³/mol. The van der Waals surface area contributed by atoms with Gasteiger partial charge in [-0.1, -0.05) is 39.7 Å². The Balaban J connectivity index is 3.32. The molecule has 0 amide bonds. The fraction of sp³-hybridized carbons (Fsp3) is 0.222. The molecule has 0 bridgehead atoms. The van der Waals surface area contributed by atoms with Crippen molar-refractivity contribution >= 4 is 33.2 Å². The van der Waals surface area contributed by atoms with Crippen LogP contribution in [0.25, 0.3) is 4.85 Å². The largest absolute Gasteiger partial charge is 0.237 e. The van der Waals surface area contributed by atoms with E-state index in [1.165, 1.54) is 0 Å². The van der Waals surface area contributed by atoms with Crippen LogP contribution >= 0.6 is 27.5 Å². The molecule has 3 heteroatoms. The lowest BCUT2D eigenvalue weighted by atomic mass is 10.1. The van der Waals surface area contributed by atoms with E-state index in [1.807, 2.05) is 13.0 Å². The topological polar surface area (TPSA) is 4.36 Å². The zero-order valence-corrected chi connectivity index (χ0v) is 8.91. The molecule has 0 fully saturated rings. The van der Waals surface area contributed by atoms with E-state index < -0.39 is 0 Å². The molecule has 1 aromatic rings. The maximum Gasteiger partial charge on any atom is 0.205 e. The summed E-state index contributed by atoms with van der Waals surface area (Å²) in [5.74, 6) is 0. The van der Waals surface area contributed by atoms with E-state index >= 15 is 0 Å². The molecule has 0 spiro atoms. The second-order valence-corrected chi connectivity index (χ2v) is 3.37. The van der Waals surface area contributed by atoms with Gasteiger partial charge in [0.1, 0.15) is 0 Å². The molecule has 0 saturated carbocycles. The number of nitrogens with zero attached hydrogens (tertiary/aromatic N) is 1. The van der Waals surface area contributed by atoms with Crippen molar-refractivity contribution in [1.82, 2.24) is 0 Å². The second kappa shape index (κ2) is 3.93. The van der Waals surface area contributed by atoms with Gasteiger partial charge in [0.2, 0.25) is 5.69 Å². The lowest BCUT2D eigenvalue weighted by Crippen LogP contribution is -1.84. The first-order chi connectivity index (χ1) is 5.70. The maximum absolute atomic E-state index is 6.84. The molecule has 0 aliphatic rings. The Morgan fingerprint density at radius 3 is 2.75 bits per heavy atom. The predicted octanol–water partition coefficient (Wildman–Crippen LogP) is 4.09. The summed E-state index contributed by atoms with van der Waals surface area (Å²) >= 11 is 9.30. The number of alkyl halides is 1. The van der Waals surface area contributed by atoms with Gasteiger partial charge in [0, 0.05) is 5.33 Å². The van der Waals surface area contributed by atoms with Crippen molar-refractivity contribution in [3.63, 3.8) is 0 Å². The van der Waals surface area contributed by atoms with Crippen LogP contribution in [0, 0.1) is 13.5 Å². The highest BCUT2D eigenvalue weighted by atomic mass is 79.9. The van der Waals surface area contributed by atoms with Crippen LogP contribution in [-0.2, 0) is 5.33 Å². The van der Waals surface area contributed by atoms with Crippen molar-refractivity contribution in [3.05, 3.63) is 39.7 Å². The number of halogens is 2. The summed E-state index contributed by atoms with van der Waals surface area (Å²) in [6.07, 6.45) is 0. The third-order valence-corrected chi connectivity index (χ3v) is 2.82. The molecule has 0 aliphatic carbocycles. The normalized spacial score (nSPS) is 9.50. The van der Waals surface area contributed by atoms with Crippen LogP contribution in [0.3, 0.4) is 0 Å². The van der Waals surface area contributed by atoms with E-state index in [9.17, 15) is 0 Å². The Morgan fingerprint density at radius 2 is 2.25 bits per heavy atom. The second-order valence-electron chi connectivity index (χ2n) is 2.43. The summed E-state index contributed by atoms with van der Waals surface area (Å²) < 4.78 is 0. The van der Waals surface area contributed by atoms with Gasteiger partial charge in [-0.2, -0.15) is 0 Å². The van der Waals surface area contributed by atoms with Gasteiger partial charge in [0.25, 0.3) is 0 Å². The average Bonchev–Trinajstić information content (AvgIpc) is 2.10. The Hall–Kier alpha value is -0.520. The number of hydrogen-bond acceptors (Lipinski definition) is 0. The fourth-order valence-corrected chi connectivity index (χ4v) is 1.78. The summed E-state index contributed by atoms with van der Waals surface area (Å²) in [4.78, 5) is 3.31. The summed E-state index contributed by atoms with van der Waals surface area (Å²) in [5.41, 5.74) is 2.65. The number of benzene rings is 1.